The fraction of sp³-hybridized carbons (Fsp3) is 1.00. The third-order valence-electron chi connectivity index (χ3n) is 5.33. The van der Waals surface area contributed by atoms with Gasteiger partial charge in [-0.25, -0.2) is 8.42 Å². The first kappa shape index (κ1) is 30.7. The van der Waals surface area contributed by atoms with Crippen LogP contribution in [0.15, 0.2) is 0 Å². The van der Waals surface area contributed by atoms with Crippen molar-refractivity contribution in [1.82, 2.24) is 0 Å². The van der Waals surface area contributed by atoms with E-state index in [0.29, 0.717) is 19.3 Å². The van der Waals surface area contributed by atoms with Gasteiger partial charge in [-0.15, -0.1) is 0 Å². The summed E-state index contributed by atoms with van der Waals surface area (Å²) in [5.74, 6) is 0. The van der Waals surface area contributed by atoms with Crippen LogP contribution in [-0.4, -0.2) is 29.4 Å². The Morgan fingerprint density at radius 2 is 1.11 bits per heavy atom. The Kier molecular flexibility index (Phi) is 23.6. The van der Waals surface area contributed by atoms with Crippen LogP contribution < -0.4 is 51.4 Å². The molecule has 27 heavy (non-hydrogen) atoms. The summed E-state index contributed by atoms with van der Waals surface area (Å²) in [5, 5.41) is 9.10. The Hall–Kier alpha value is 1.51. The molecule has 2 atom stereocenters. The van der Waals surface area contributed by atoms with Gasteiger partial charge in [0.15, 0.2) is 0 Å². The maximum atomic E-state index is 11.0. The molecule has 6 heteroatoms. The molecule has 4 nitrogen and oxygen atoms in total. The zero-order valence-corrected chi connectivity index (χ0v) is 22.2. The van der Waals surface area contributed by atoms with E-state index in [1.54, 1.807) is 6.92 Å². The third kappa shape index (κ3) is 20.6. The van der Waals surface area contributed by atoms with E-state index in [-0.39, 0.29) is 57.8 Å². The fourth-order valence-corrected chi connectivity index (χ4v) is 4.31. The van der Waals surface area contributed by atoms with Gasteiger partial charge >= 0.3 is 51.4 Å². The van der Waals surface area contributed by atoms with Crippen LogP contribution in [0, 0.1) is 0 Å². The van der Waals surface area contributed by atoms with Gasteiger partial charge < -0.3 is 9.66 Å². The molecule has 0 aliphatic rings. The molecule has 0 bridgehead atoms. The van der Waals surface area contributed by atoms with Crippen molar-refractivity contribution in [2.45, 2.75) is 134 Å². The summed E-state index contributed by atoms with van der Waals surface area (Å²) in [6, 6.07) is 0. The molecule has 0 spiro atoms. The average Bonchev–Trinajstić information content (AvgIpc) is 2.58. The Morgan fingerprint density at radius 1 is 0.704 bits per heavy atom. The zero-order chi connectivity index (χ0) is 19.7. The van der Waals surface area contributed by atoms with Gasteiger partial charge in [-0.2, -0.15) is 0 Å². The number of hydrogen-bond donors (Lipinski definition) is 1. The third-order valence-corrected chi connectivity index (χ3v) is 6.71. The molecule has 0 aliphatic carbocycles. The van der Waals surface area contributed by atoms with Crippen molar-refractivity contribution in [2.75, 3.05) is 0 Å². The van der Waals surface area contributed by atoms with Crippen LogP contribution in [0.4, 0.5) is 0 Å². The number of hydrogen-bond acceptors (Lipinski definition) is 4. The number of aliphatic hydroxyl groups excluding tert-OH is 1. The maximum Gasteiger partial charge on any atom is 1.00 e. The first-order chi connectivity index (χ1) is 12.4. The van der Waals surface area contributed by atoms with Gasteiger partial charge in [-0.1, -0.05) is 97.3 Å². The molecule has 0 aromatic rings. The van der Waals surface area contributed by atoms with Crippen LogP contribution in [0.2, 0.25) is 0 Å². The quantitative estimate of drug-likeness (QED) is 0.194. The Labute approximate surface area is 211 Å². The minimum absolute atomic E-state index is 0. The normalized spacial score (nSPS) is 13.9. The first-order valence-corrected chi connectivity index (χ1v) is 12.5. The van der Waals surface area contributed by atoms with Gasteiger partial charge in [0, 0.05) is 5.25 Å². The first-order valence-electron chi connectivity index (χ1n) is 11.0. The van der Waals surface area contributed by atoms with Crippen LogP contribution in [0.25, 0.3) is 0 Å². The number of rotatable bonds is 19. The van der Waals surface area contributed by atoms with Gasteiger partial charge in [-0.3, -0.25) is 0 Å². The second kappa shape index (κ2) is 20.8. The van der Waals surface area contributed by atoms with Crippen molar-refractivity contribution < 1.29 is 69.5 Å². The van der Waals surface area contributed by atoms with E-state index in [4.69, 9.17) is 0 Å². The molecule has 0 rings (SSSR count). The standard InChI is InChI=1S/C21H44O4S.K/c1-3-5-6-7-8-9-10-11-12-13-14-15-16-17-20(22)18-19-21(4-2)26(23,24)25;/h20-22H,3-19H2,1-2H3,(H,23,24,25);/q;+1/p-1. The zero-order valence-electron chi connectivity index (χ0n) is 18.3. The molecule has 0 heterocycles. The summed E-state index contributed by atoms with van der Waals surface area (Å²) in [6.45, 7) is 3.96. The van der Waals surface area contributed by atoms with Crippen molar-refractivity contribution in [3.8, 4) is 0 Å². The predicted molar refractivity (Wildman–Crippen MR) is 109 cm³/mol. The summed E-state index contributed by atoms with van der Waals surface area (Å²) in [4.78, 5) is 0. The van der Waals surface area contributed by atoms with Crippen molar-refractivity contribution in [2.24, 2.45) is 0 Å². The molecule has 158 valence electrons. The Morgan fingerprint density at radius 3 is 1.48 bits per heavy atom. The van der Waals surface area contributed by atoms with Crippen molar-refractivity contribution in [3.63, 3.8) is 0 Å². The van der Waals surface area contributed by atoms with Crippen molar-refractivity contribution in [1.29, 1.82) is 0 Å². The maximum absolute atomic E-state index is 11.0. The summed E-state index contributed by atoms with van der Waals surface area (Å²) in [6.07, 6.45) is 18.2. The second-order valence-corrected chi connectivity index (χ2v) is 9.44. The molecule has 0 saturated heterocycles. The van der Waals surface area contributed by atoms with E-state index in [1.807, 2.05) is 0 Å². The minimum Gasteiger partial charge on any atom is -0.748 e. The Bertz CT molecular complexity index is 401. The molecule has 0 amide bonds. The molecular weight excluding hydrogens is 387 g/mol. The molecule has 2 unspecified atom stereocenters. The van der Waals surface area contributed by atoms with Crippen LogP contribution in [0.3, 0.4) is 0 Å². The van der Waals surface area contributed by atoms with Crippen molar-refractivity contribution in [3.05, 3.63) is 0 Å². The summed E-state index contributed by atoms with van der Waals surface area (Å²) < 4.78 is 33.1. The fourth-order valence-electron chi connectivity index (χ4n) is 3.47. The van der Waals surface area contributed by atoms with E-state index < -0.39 is 21.5 Å². The number of unbranched alkanes of at least 4 members (excludes halogenated alkanes) is 12. The monoisotopic (exact) mass is 430 g/mol. The molecular formula is C21H43KO4S. The van der Waals surface area contributed by atoms with Crippen LogP contribution >= 0.6 is 0 Å². The SMILES string of the molecule is CCCCCCCCCCCCCCCC(O)CCC(CC)S(=O)(=O)[O-].[K+]. The molecule has 0 aliphatic heterocycles. The van der Waals surface area contributed by atoms with Gasteiger partial charge in [0.05, 0.1) is 16.2 Å². The van der Waals surface area contributed by atoms with E-state index in [1.165, 1.54) is 70.6 Å². The van der Waals surface area contributed by atoms with E-state index >= 15 is 0 Å². The summed E-state index contributed by atoms with van der Waals surface area (Å²) >= 11 is 0. The van der Waals surface area contributed by atoms with Gasteiger partial charge in [0.25, 0.3) is 0 Å². The smallest absolute Gasteiger partial charge is 0.748 e. The topological polar surface area (TPSA) is 77.4 Å². The number of aliphatic hydroxyl groups is 1. The van der Waals surface area contributed by atoms with Crippen LogP contribution in [0.1, 0.15) is 123 Å². The van der Waals surface area contributed by atoms with Crippen molar-refractivity contribution >= 4 is 10.1 Å². The molecule has 0 fully saturated rings. The average molecular weight is 431 g/mol. The van der Waals surface area contributed by atoms with Crippen LogP contribution in [0.5, 0.6) is 0 Å². The summed E-state index contributed by atoms with van der Waals surface area (Å²) in [5.41, 5.74) is 0. The second-order valence-electron chi connectivity index (χ2n) is 7.79. The summed E-state index contributed by atoms with van der Waals surface area (Å²) in [7, 11) is -4.22. The van der Waals surface area contributed by atoms with Gasteiger partial charge in [0.2, 0.25) is 0 Å². The van der Waals surface area contributed by atoms with Gasteiger partial charge in [0.1, 0.15) is 0 Å². The van der Waals surface area contributed by atoms with E-state index in [2.05, 4.69) is 6.92 Å². The molecule has 0 saturated carbocycles. The Balaban J connectivity index is 0. The molecule has 1 N–H and O–H groups in total. The van der Waals surface area contributed by atoms with Gasteiger partial charge in [-0.05, 0) is 25.7 Å². The molecule has 0 aromatic carbocycles. The van der Waals surface area contributed by atoms with E-state index in [0.717, 1.165) is 12.8 Å². The van der Waals surface area contributed by atoms with Crippen LogP contribution in [-0.2, 0) is 10.1 Å². The largest absolute Gasteiger partial charge is 1.00 e. The minimum atomic E-state index is -4.22. The molecule has 0 radical (unpaired) electrons. The van der Waals surface area contributed by atoms with E-state index in [9.17, 15) is 18.1 Å². The predicted octanol–water partition coefficient (Wildman–Crippen LogP) is 2.94. The molecule has 0 aromatic heterocycles.